The minimum atomic E-state index is -0.0828. The van der Waals surface area contributed by atoms with E-state index in [-0.39, 0.29) is 12.0 Å². The van der Waals surface area contributed by atoms with E-state index in [1.807, 2.05) is 11.9 Å². The number of nitrogens with zero attached hydrogens (tertiary/aromatic N) is 2. The Balaban J connectivity index is 1.80. The van der Waals surface area contributed by atoms with E-state index in [0.717, 1.165) is 26.0 Å². The fraction of sp³-hybridized carbons (Fsp3) is 0.467. The Bertz CT molecular complexity index is 504. The van der Waals surface area contributed by atoms with E-state index < -0.39 is 0 Å². The van der Waals surface area contributed by atoms with Crippen molar-refractivity contribution in [3.8, 4) is 6.07 Å². The number of hydrogen-bond acceptors (Lipinski definition) is 4. The highest BCUT2D eigenvalue weighted by molar-refractivity contribution is 5.92. The van der Waals surface area contributed by atoms with Gasteiger partial charge in [0, 0.05) is 18.8 Å². The number of amides is 1. The number of nitriles is 1. The third-order valence-electron chi connectivity index (χ3n) is 3.23. The molecule has 5 heteroatoms. The minimum absolute atomic E-state index is 0.0828. The number of ether oxygens (including phenoxy) is 1. The minimum Gasteiger partial charge on any atom is -0.377 e. The summed E-state index contributed by atoms with van der Waals surface area (Å²) in [4.78, 5) is 13.9. The largest absolute Gasteiger partial charge is 0.377 e. The van der Waals surface area contributed by atoms with Crippen molar-refractivity contribution in [1.82, 2.24) is 4.90 Å². The molecule has 1 atom stereocenters. The Kier molecular flexibility index (Phi) is 5.10. The van der Waals surface area contributed by atoms with Crippen molar-refractivity contribution in [3.05, 3.63) is 29.8 Å². The molecule has 1 fully saturated rings. The lowest BCUT2D eigenvalue weighted by atomic mass is 10.2. The molecule has 1 unspecified atom stereocenters. The summed E-state index contributed by atoms with van der Waals surface area (Å²) in [7, 11) is 1.91. The van der Waals surface area contributed by atoms with Crippen molar-refractivity contribution in [2.24, 2.45) is 0 Å². The predicted octanol–water partition coefficient (Wildman–Crippen LogP) is 1.61. The van der Waals surface area contributed by atoms with Crippen LogP contribution in [0.1, 0.15) is 18.4 Å². The van der Waals surface area contributed by atoms with Gasteiger partial charge < -0.3 is 10.1 Å². The first-order chi connectivity index (χ1) is 9.67. The van der Waals surface area contributed by atoms with Crippen molar-refractivity contribution in [2.75, 3.05) is 32.1 Å². The van der Waals surface area contributed by atoms with Crippen LogP contribution in [0.15, 0.2) is 24.3 Å². The number of anilines is 1. The topological polar surface area (TPSA) is 65.4 Å². The first kappa shape index (κ1) is 14.5. The van der Waals surface area contributed by atoms with E-state index in [0.29, 0.717) is 17.8 Å². The number of carbonyl (C=O) groups excluding carboxylic acids is 1. The monoisotopic (exact) mass is 273 g/mol. The predicted molar refractivity (Wildman–Crippen MR) is 76.3 cm³/mol. The van der Waals surface area contributed by atoms with Crippen LogP contribution >= 0.6 is 0 Å². The van der Waals surface area contributed by atoms with Crippen molar-refractivity contribution in [3.63, 3.8) is 0 Å². The van der Waals surface area contributed by atoms with Gasteiger partial charge >= 0.3 is 0 Å². The van der Waals surface area contributed by atoms with Gasteiger partial charge in [0.25, 0.3) is 0 Å². The van der Waals surface area contributed by atoms with Gasteiger partial charge in [0.2, 0.25) is 5.91 Å². The molecule has 20 heavy (non-hydrogen) atoms. The Morgan fingerprint density at radius 1 is 1.60 bits per heavy atom. The second-order valence-electron chi connectivity index (χ2n) is 5.07. The summed E-state index contributed by atoms with van der Waals surface area (Å²) in [5.74, 6) is -0.0828. The molecule has 1 aromatic rings. The van der Waals surface area contributed by atoms with E-state index >= 15 is 0 Å². The van der Waals surface area contributed by atoms with Crippen LogP contribution in [0.5, 0.6) is 0 Å². The van der Waals surface area contributed by atoms with Crippen molar-refractivity contribution >= 4 is 11.6 Å². The van der Waals surface area contributed by atoms with E-state index in [2.05, 4.69) is 11.4 Å². The highest BCUT2D eigenvalue weighted by Crippen LogP contribution is 2.13. The molecule has 5 nitrogen and oxygen atoms in total. The quantitative estimate of drug-likeness (QED) is 0.885. The molecule has 0 radical (unpaired) electrons. The maximum Gasteiger partial charge on any atom is 0.238 e. The molecular formula is C15H19N3O2. The number of rotatable bonds is 5. The van der Waals surface area contributed by atoms with Crippen molar-refractivity contribution in [1.29, 1.82) is 5.26 Å². The Morgan fingerprint density at radius 2 is 2.45 bits per heavy atom. The summed E-state index contributed by atoms with van der Waals surface area (Å²) in [6.45, 7) is 1.91. The Morgan fingerprint density at radius 3 is 3.15 bits per heavy atom. The summed E-state index contributed by atoms with van der Waals surface area (Å²) < 4.78 is 5.54. The number of carbonyl (C=O) groups is 1. The van der Waals surface area contributed by atoms with E-state index in [1.54, 1.807) is 24.3 Å². The second kappa shape index (κ2) is 7.04. The van der Waals surface area contributed by atoms with Crippen LogP contribution in [0.2, 0.25) is 0 Å². The summed E-state index contributed by atoms with van der Waals surface area (Å²) in [6, 6.07) is 8.95. The van der Waals surface area contributed by atoms with Crippen LogP contribution in [0, 0.1) is 11.3 Å². The zero-order valence-electron chi connectivity index (χ0n) is 11.6. The van der Waals surface area contributed by atoms with Crippen LogP contribution in [-0.4, -0.2) is 43.7 Å². The van der Waals surface area contributed by atoms with Gasteiger partial charge in [-0.2, -0.15) is 5.26 Å². The maximum atomic E-state index is 11.9. The summed E-state index contributed by atoms with van der Waals surface area (Å²) in [5.41, 5.74) is 1.19. The number of likely N-dealkylation sites (N-methyl/N-ethyl adjacent to an activating group) is 1. The van der Waals surface area contributed by atoms with E-state index in [4.69, 9.17) is 10.00 Å². The molecule has 2 rings (SSSR count). The van der Waals surface area contributed by atoms with Crippen LogP contribution in [0.4, 0.5) is 5.69 Å². The fourth-order valence-electron chi connectivity index (χ4n) is 2.31. The maximum absolute atomic E-state index is 11.9. The van der Waals surface area contributed by atoms with Crippen LogP contribution < -0.4 is 5.32 Å². The van der Waals surface area contributed by atoms with Crippen molar-refractivity contribution in [2.45, 2.75) is 18.9 Å². The highest BCUT2D eigenvalue weighted by atomic mass is 16.5. The standard InChI is InChI=1S/C15H19N3O2/c1-18(10-14-6-3-7-20-14)11-15(19)17-13-5-2-4-12(8-13)9-16/h2,4-5,8,14H,3,6-7,10-11H2,1H3,(H,17,19). The lowest BCUT2D eigenvalue weighted by molar-refractivity contribution is -0.117. The number of benzene rings is 1. The summed E-state index contributed by atoms with van der Waals surface area (Å²) >= 11 is 0. The third kappa shape index (κ3) is 4.34. The molecule has 1 saturated heterocycles. The molecule has 1 aromatic carbocycles. The molecule has 1 N–H and O–H groups in total. The van der Waals surface area contributed by atoms with Crippen molar-refractivity contribution < 1.29 is 9.53 Å². The average molecular weight is 273 g/mol. The van der Waals surface area contributed by atoms with Crippen LogP contribution in [-0.2, 0) is 9.53 Å². The first-order valence-electron chi connectivity index (χ1n) is 6.77. The number of nitrogens with one attached hydrogen (secondary N) is 1. The van der Waals surface area contributed by atoms with Gasteiger partial charge in [0.15, 0.2) is 0 Å². The second-order valence-corrected chi connectivity index (χ2v) is 5.07. The molecule has 1 amide bonds. The number of hydrogen-bond donors (Lipinski definition) is 1. The van der Waals surface area contributed by atoms with Gasteiger partial charge in [-0.05, 0) is 38.1 Å². The van der Waals surface area contributed by atoms with Crippen LogP contribution in [0.3, 0.4) is 0 Å². The first-order valence-corrected chi connectivity index (χ1v) is 6.77. The molecule has 0 spiro atoms. The molecule has 0 bridgehead atoms. The Labute approximate surface area is 119 Å². The van der Waals surface area contributed by atoms with Gasteiger partial charge in [-0.3, -0.25) is 9.69 Å². The SMILES string of the molecule is CN(CC(=O)Nc1cccc(C#N)c1)CC1CCCO1. The molecule has 0 aromatic heterocycles. The van der Waals surface area contributed by atoms with Gasteiger partial charge in [-0.15, -0.1) is 0 Å². The van der Waals surface area contributed by atoms with E-state index in [1.165, 1.54) is 0 Å². The van der Waals surface area contributed by atoms with Gasteiger partial charge in [0.05, 0.1) is 24.3 Å². The lowest BCUT2D eigenvalue weighted by Gasteiger charge is -2.19. The highest BCUT2D eigenvalue weighted by Gasteiger charge is 2.18. The van der Waals surface area contributed by atoms with Crippen LogP contribution in [0.25, 0.3) is 0 Å². The van der Waals surface area contributed by atoms with Gasteiger partial charge in [-0.25, -0.2) is 0 Å². The lowest BCUT2D eigenvalue weighted by Crippen LogP contribution is -2.35. The zero-order chi connectivity index (χ0) is 14.4. The van der Waals surface area contributed by atoms with Gasteiger partial charge in [-0.1, -0.05) is 6.07 Å². The molecule has 1 aliphatic rings. The fourth-order valence-corrected chi connectivity index (χ4v) is 2.31. The molecule has 0 saturated carbocycles. The summed E-state index contributed by atoms with van der Waals surface area (Å²) in [5, 5.41) is 11.6. The molecule has 106 valence electrons. The summed E-state index contributed by atoms with van der Waals surface area (Å²) in [6.07, 6.45) is 2.41. The van der Waals surface area contributed by atoms with E-state index in [9.17, 15) is 4.79 Å². The normalized spacial score (nSPS) is 17.9. The molecule has 0 aliphatic carbocycles. The zero-order valence-corrected chi connectivity index (χ0v) is 11.6. The molecule has 1 heterocycles. The van der Waals surface area contributed by atoms with Gasteiger partial charge in [0.1, 0.15) is 0 Å². The average Bonchev–Trinajstić information content (AvgIpc) is 2.91. The smallest absolute Gasteiger partial charge is 0.238 e. The molecular weight excluding hydrogens is 254 g/mol. The third-order valence-corrected chi connectivity index (χ3v) is 3.23. The molecule has 1 aliphatic heterocycles. The Hall–Kier alpha value is -1.90.